The number of amides is 2. The summed E-state index contributed by atoms with van der Waals surface area (Å²) < 4.78 is 33.4. The molecule has 2 aliphatic rings. The van der Waals surface area contributed by atoms with E-state index in [2.05, 4.69) is 17.5 Å². The number of allylic oxidation sites excluding steroid dienone is 2. The molecule has 0 bridgehead atoms. The van der Waals surface area contributed by atoms with Gasteiger partial charge in [0.1, 0.15) is 11.8 Å². The fourth-order valence-electron chi connectivity index (χ4n) is 7.52. The van der Waals surface area contributed by atoms with Crippen LogP contribution in [0.3, 0.4) is 0 Å². The number of carbonyl (C=O) groups excluding carboxylic acids is 2. The average Bonchev–Trinajstić information content (AvgIpc) is 3.21. The topological polar surface area (TPSA) is 142 Å². The lowest BCUT2D eigenvalue weighted by Crippen LogP contribution is -2.54. The van der Waals surface area contributed by atoms with Crippen molar-refractivity contribution in [1.29, 1.82) is 0 Å². The molecule has 5 rings (SSSR count). The van der Waals surface area contributed by atoms with Crippen molar-refractivity contribution >= 4 is 17.8 Å². The Morgan fingerprint density at radius 2 is 1.56 bits per heavy atom. The molecule has 0 unspecified atom stereocenters. The largest absolute Gasteiger partial charge is 0.493 e. The Kier molecular flexibility index (Phi) is 14.1. The highest BCUT2D eigenvalue weighted by Crippen LogP contribution is 2.44. The molecule has 2 amide bonds. The third kappa shape index (κ3) is 9.58. The lowest BCUT2D eigenvalue weighted by Gasteiger charge is -2.39. The first-order chi connectivity index (χ1) is 26.2. The number of aryl methyl sites for hydroxylation is 1. The van der Waals surface area contributed by atoms with E-state index >= 15 is 0 Å². The minimum absolute atomic E-state index is 0.0810. The number of methoxy groups -OCH3 is 5. The first kappa shape index (κ1) is 39.8. The van der Waals surface area contributed by atoms with Crippen molar-refractivity contribution in [3.05, 3.63) is 83.4 Å². The number of nitrogens with one attached hydrogen (secondary N) is 1. The Morgan fingerprint density at radius 1 is 0.815 bits per heavy atom. The number of carbonyl (C=O) groups is 3. The third-order valence-electron chi connectivity index (χ3n) is 10.2. The van der Waals surface area contributed by atoms with Gasteiger partial charge >= 0.3 is 5.97 Å². The van der Waals surface area contributed by atoms with Crippen LogP contribution in [0.5, 0.6) is 34.5 Å². The number of carboxylic acid groups (broad SMARTS) is 1. The van der Waals surface area contributed by atoms with Crippen LogP contribution in [0.2, 0.25) is 0 Å². The zero-order valence-electron chi connectivity index (χ0n) is 31.8. The molecule has 1 fully saturated rings. The Balaban J connectivity index is 1.46. The second kappa shape index (κ2) is 19.1. The van der Waals surface area contributed by atoms with E-state index in [4.69, 9.17) is 28.4 Å². The average molecular weight is 745 g/mol. The summed E-state index contributed by atoms with van der Waals surface area (Å²) in [5, 5.41) is 12.5. The second-order valence-electron chi connectivity index (χ2n) is 13.5. The van der Waals surface area contributed by atoms with Crippen molar-refractivity contribution < 1.29 is 47.9 Å². The molecule has 2 N–H and O–H groups in total. The smallest absolute Gasteiger partial charge is 0.341 e. The van der Waals surface area contributed by atoms with E-state index in [1.807, 2.05) is 36.4 Å². The summed E-state index contributed by atoms with van der Waals surface area (Å²) in [6.07, 6.45) is 10.2. The monoisotopic (exact) mass is 744 g/mol. The number of likely N-dealkylation sites (tertiary alicyclic amines) is 1. The Morgan fingerprint density at radius 3 is 2.20 bits per heavy atom. The van der Waals surface area contributed by atoms with Crippen molar-refractivity contribution in [2.24, 2.45) is 5.92 Å². The highest BCUT2D eigenvalue weighted by Gasteiger charge is 2.40. The summed E-state index contributed by atoms with van der Waals surface area (Å²) >= 11 is 0. The van der Waals surface area contributed by atoms with Gasteiger partial charge in [-0.25, -0.2) is 4.79 Å². The fraction of sp³-hybridized carbons (Fsp3) is 0.452. The maximum absolute atomic E-state index is 14.9. The van der Waals surface area contributed by atoms with Gasteiger partial charge in [0.2, 0.25) is 17.6 Å². The van der Waals surface area contributed by atoms with E-state index in [0.717, 1.165) is 48.8 Å². The van der Waals surface area contributed by atoms with Crippen molar-refractivity contribution in [3.63, 3.8) is 0 Å². The molecule has 4 atom stereocenters. The molecular formula is C42H52N2O10. The molecule has 1 heterocycles. The van der Waals surface area contributed by atoms with Crippen molar-refractivity contribution in [3.8, 4) is 34.5 Å². The van der Waals surface area contributed by atoms with Gasteiger partial charge in [-0.15, -0.1) is 0 Å². The van der Waals surface area contributed by atoms with Crippen molar-refractivity contribution in [2.75, 3.05) is 48.7 Å². The van der Waals surface area contributed by atoms with Crippen LogP contribution in [0.1, 0.15) is 73.6 Å². The SMILES string of the molecule is COc1ccc(CC[C@@H](NC(=O)[C@@H]2CCCCN2C(=O)[C@H](c2cc(OC)c(OC)c(OC)c2)[C@@H]2C=CCCC2)c2cccc(OCC(=O)O)c2)cc1OC. The number of aliphatic carboxylic acids is 1. The maximum atomic E-state index is 14.9. The zero-order chi connectivity index (χ0) is 38.6. The standard InChI is InChI=1S/C42H52N2O10/c1-49-34-20-18-27(22-35(34)50-2)17-19-32(29-14-11-15-31(23-29)54-26-38(45)46)43-41(47)33-16-9-10-21-44(33)42(48)39(28-12-7-6-8-13-28)30-24-36(51-3)40(53-5)37(25-30)52-4/h7,11-12,14-15,18,20,22-25,28,32-33,39H,6,8-10,13,16-17,19,21,26H2,1-5H3,(H,43,47)(H,45,46)/t28-,32-,33+,39+/m1/s1. The highest BCUT2D eigenvalue weighted by molar-refractivity contribution is 5.91. The van der Waals surface area contributed by atoms with E-state index in [0.29, 0.717) is 60.3 Å². The van der Waals surface area contributed by atoms with Crippen LogP contribution in [0.25, 0.3) is 0 Å². The van der Waals surface area contributed by atoms with Gasteiger partial charge in [-0.1, -0.05) is 30.4 Å². The Labute approximate surface area is 317 Å². The number of piperidine rings is 1. The number of ether oxygens (including phenoxy) is 6. The molecule has 1 aliphatic heterocycles. The van der Waals surface area contributed by atoms with Gasteiger partial charge in [-0.05, 0) is 110 Å². The van der Waals surface area contributed by atoms with Gasteiger partial charge < -0.3 is 43.7 Å². The van der Waals surface area contributed by atoms with E-state index in [1.165, 1.54) is 0 Å². The summed E-state index contributed by atoms with van der Waals surface area (Å²) in [7, 11) is 7.82. The van der Waals surface area contributed by atoms with Gasteiger partial charge in [0.05, 0.1) is 47.5 Å². The minimum Gasteiger partial charge on any atom is -0.493 e. The molecule has 290 valence electrons. The van der Waals surface area contributed by atoms with Gasteiger partial charge in [0.15, 0.2) is 29.6 Å². The molecule has 54 heavy (non-hydrogen) atoms. The molecule has 3 aromatic carbocycles. The highest BCUT2D eigenvalue weighted by atomic mass is 16.5. The molecule has 12 nitrogen and oxygen atoms in total. The molecule has 1 saturated heterocycles. The molecule has 0 saturated carbocycles. The molecule has 0 spiro atoms. The minimum atomic E-state index is -1.09. The lowest BCUT2D eigenvalue weighted by atomic mass is 9.78. The van der Waals surface area contributed by atoms with Crippen LogP contribution in [0.15, 0.2) is 66.7 Å². The number of carboxylic acids is 1. The van der Waals surface area contributed by atoms with E-state index in [-0.39, 0.29) is 17.7 Å². The van der Waals surface area contributed by atoms with Crippen LogP contribution < -0.4 is 33.7 Å². The van der Waals surface area contributed by atoms with Gasteiger partial charge in [0.25, 0.3) is 0 Å². The molecule has 1 aliphatic carbocycles. The van der Waals surface area contributed by atoms with Crippen LogP contribution in [-0.2, 0) is 20.8 Å². The molecule has 3 aromatic rings. The normalized spacial score (nSPS) is 17.8. The van der Waals surface area contributed by atoms with Gasteiger partial charge in [-0.3, -0.25) is 9.59 Å². The molecule has 0 radical (unpaired) electrons. The summed E-state index contributed by atoms with van der Waals surface area (Å²) in [4.78, 5) is 42.4. The van der Waals surface area contributed by atoms with Gasteiger partial charge in [-0.2, -0.15) is 0 Å². The first-order valence-corrected chi connectivity index (χ1v) is 18.4. The quantitative estimate of drug-likeness (QED) is 0.147. The van der Waals surface area contributed by atoms with Crippen LogP contribution >= 0.6 is 0 Å². The predicted molar refractivity (Wildman–Crippen MR) is 203 cm³/mol. The Hall–Kier alpha value is -5.39. The number of nitrogens with zero attached hydrogens (tertiary/aromatic N) is 1. The Bertz CT molecular complexity index is 1770. The number of hydrogen-bond acceptors (Lipinski definition) is 9. The maximum Gasteiger partial charge on any atom is 0.341 e. The number of hydrogen-bond donors (Lipinski definition) is 2. The van der Waals surface area contributed by atoms with Crippen LogP contribution in [0, 0.1) is 5.92 Å². The number of benzene rings is 3. The molecular weight excluding hydrogens is 692 g/mol. The van der Waals surface area contributed by atoms with Crippen LogP contribution in [0.4, 0.5) is 0 Å². The zero-order valence-corrected chi connectivity index (χ0v) is 31.8. The molecule has 0 aromatic heterocycles. The van der Waals surface area contributed by atoms with Crippen LogP contribution in [-0.4, -0.2) is 82.5 Å². The van der Waals surface area contributed by atoms with Crippen molar-refractivity contribution in [1.82, 2.24) is 10.2 Å². The summed E-state index contributed by atoms with van der Waals surface area (Å²) in [5.74, 6) is 0.851. The second-order valence-corrected chi connectivity index (χ2v) is 13.5. The van der Waals surface area contributed by atoms with E-state index in [1.54, 1.807) is 58.6 Å². The third-order valence-corrected chi connectivity index (χ3v) is 10.2. The lowest BCUT2D eigenvalue weighted by molar-refractivity contribution is -0.144. The first-order valence-electron chi connectivity index (χ1n) is 18.4. The van der Waals surface area contributed by atoms with E-state index < -0.39 is 30.6 Å². The summed E-state index contributed by atoms with van der Waals surface area (Å²) in [5.41, 5.74) is 2.47. The summed E-state index contributed by atoms with van der Waals surface area (Å²) in [6.45, 7) is -0.0440. The molecule has 12 heteroatoms. The number of rotatable bonds is 17. The van der Waals surface area contributed by atoms with E-state index in [9.17, 15) is 19.5 Å². The van der Waals surface area contributed by atoms with Crippen molar-refractivity contribution in [2.45, 2.75) is 69.4 Å². The van der Waals surface area contributed by atoms with Gasteiger partial charge in [0, 0.05) is 6.54 Å². The fourth-order valence-corrected chi connectivity index (χ4v) is 7.52. The predicted octanol–water partition coefficient (Wildman–Crippen LogP) is 6.50. The summed E-state index contributed by atoms with van der Waals surface area (Å²) in [6, 6.07) is 15.3.